The zero-order valence-corrected chi connectivity index (χ0v) is 11.6. The predicted octanol–water partition coefficient (Wildman–Crippen LogP) is 2.73. The maximum absolute atomic E-state index is 12.1. The number of hydrogen-bond acceptors (Lipinski definition) is 3. The molecule has 2 heterocycles. The molecular weight excluding hydrogens is 240 g/mol. The van der Waals surface area contributed by atoms with Gasteiger partial charge < -0.3 is 5.32 Å². The van der Waals surface area contributed by atoms with Crippen LogP contribution >= 0.6 is 0 Å². The van der Waals surface area contributed by atoms with E-state index in [1.165, 1.54) is 0 Å². The second-order valence-corrected chi connectivity index (χ2v) is 4.85. The van der Waals surface area contributed by atoms with Crippen LogP contribution in [0.1, 0.15) is 41.8 Å². The Bertz CT molecular complexity index is 601. The number of aryl methyl sites for hydroxylation is 2. The fourth-order valence-corrected chi connectivity index (χ4v) is 1.94. The van der Waals surface area contributed by atoms with Gasteiger partial charge in [0, 0.05) is 29.3 Å². The van der Waals surface area contributed by atoms with Gasteiger partial charge in [0.2, 0.25) is 0 Å². The zero-order chi connectivity index (χ0) is 14.0. The van der Waals surface area contributed by atoms with Crippen molar-refractivity contribution in [2.45, 2.75) is 33.7 Å². The summed E-state index contributed by atoms with van der Waals surface area (Å²) in [7, 11) is 0. The van der Waals surface area contributed by atoms with Gasteiger partial charge in [0.15, 0.2) is 5.69 Å². The summed E-state index contributed by atoms with van der Waals surface area (Å²) in [6, 6.07) is 5.62. The molecule has 0 aliphatic heterocycles. The van der Waals surface area contributed by atoms with Crippen LogP contribution < -0.4 is 5.32 Å². The maximum Gasteiger partial charge on any atom is 0.276 e. The highest BCUT2D eigenvalue weighted by Crippen LogP contribution is 2.13. The van der Waals surface area contributed by atoms with Crippen molar-refractivity contribution >= 4 is 11.6 Å². The Morgan fingerprint density at radius 1 is 1.32 bits per heavy atom. The molecule has 2 aromatic rings. The third kappa shape index (κ3) is 2.99. The van der Waals surface area contributed by atoms with Crippen molar-refractivity contribution in [2.75, 3.05) is 5.32 Å². The first-order chi connectivity index (χ1) is 8.97. The summed E-state index contributed by atoms with van der Waals surface area (Å²) >= 11 is 0. The molecule has 0 fully saturated rings. The van der Waals surface area contributed by atoms with Crippen LogP contribution in [0.5, 0.6) is 0 Å². The summed E-state index contributed by atoms with van der Waals surface area (Å²) in [5.41, 5.74) is 3.00. The zero-order valence-electron chi connectivity index (χ0n) is 11.6. The molecule has 0 aliphatic carbocycles. The molecule has 1 amide bonds. The predicted molar refractivity (Wildman–Crippen MR) is 74.3 cm³/mol. The van der Waals surface area contributed by atoms with Gasteiger partial charge in [-0.2, -0.15) is 5.10 Å². The molecule has 0 saturated carbocycles. The van der Waals surface area contributed by atoms with Gasteiger partial charge in [0.05, 0.1) is 0 Å². The highest BCUT2D eigenvalue weighted by molar-refractivity contribution is 6.02. The number of rotatable bonds is 3. The fraction of sp³-hybridized carbons (Fsp3) is 0.357. The van der Waals surface area contributed by atoms with E-state index in [2.05, 4.69) is 15.4 Å². The highest BCUT2D eigenvalue weighted by atomic mass is 16.1. The second kappa shape index (κ2) is 5.22. The van der Waals surface area contributed by atoms with Gasteiger partial charge in [-0.25, -0.2) is 0 Å². The molecule has 5 nitrogen and oxygen atoms in total. The van der Waals surface area contributed by atoms with Crippen molar-refractivity contribution in [2.24, 2.45) is 0 Å². The number of aromatic nitrogens is 3. The van der Waals surface area contributed by atoms with Gasteiger partial charge in [-0.15, -0.1) is 0 Å². The molecule has 0 bridgehead atoms. The minimum absolute atomic E-state index is 0.201. The van der Waals surface area contributed by atoms with Crippen LogP contribution in [0.15, 0.2) is 24.4 Å². The van der Waals surface area contributed by atoms with Crippen LogP contribution in [0.3, 0.4) is 0 Å². The van der Waals surface area contributed by atoms with Crippen molar-refractivity contribution < 1.29 is 4.79 Å². The highest BCUT2D eigenvalue weighted by Gasteiger charge is 2.13. The van der Waals surface area contributed by atoms with Gasteiger partial charge in [0.25, 0.3) is 5.91 Å². The molecule has 1 N–H and O–H groups in total. The Kier molecular flexibility index (Phi) is 3.64. The first-order valence-corrected chi connectivity index (χ1v) is 6.27. The molecular formula is C14H18N4O. The van der Waals surface area contributed by atoms with Gasteiger partial charge in [0.1, 0.15) is 0 Å². The van der Waals surface area contributed by atoms with Crippen molar-refractivity contribution in [3.8, 4) is 0 Å². The number of hydrogen-bond donors (Lipinski definition) is 1. The van der Waals surface area contributed by atoms with E-state index in [-0.39, 0.29) is 11.9 Å². The van der Waals surface area contributed by atoms with Gasteiger partial charge in [-0.05, 0) is 45.9 Å². The van der Waals surface area contributed by atoms with E-state index in [1.54, 1.807) is 18.3 Å². The van der Waals surface area contributed by atoms with Crippen molar-refractivity contribution in [3.05, 3.63) is 41.5 Å². The van der Waals surface area contributed by atoms with E-state index >= 15 is 0 Å². The lowest BCUT2D eigenvalue weighted by atomic mass is 10.3. The third-order valence-electron chi connectivity index (χ3n) is 2.80. The topological polar surface area (TPSA) is 59.8 Å². The van der Waals surface area contributed by atoms with E-state index in [9.17, 15) is 4.79 Å². The summed E-state index contributed by atoms with van der Waals surface area (Å²) in [5, 5.41) is 7.14. The Hall–Kier alpha value is -2.17. The van der Waals surface area contributed by atoms with E-state index in [0.29, 0.717) is 5.69 Å². The molecule has 100 valence electrons. The van der Waals surface area contributed by atoms with Crippen LogP contribution in [-0.2, 0) is 0 Å². The summed E-state index contributed by atoms with van der Waals surface area (Å²) in [6.07, 6.45) is 1.67. The summed E-state index contributed by atoms with van der Waals surface area (Å²) < 4.78 is 1.84. The second-order valence-electron chi connectivity index (χ2n) is 4.85. The van der Waals surface area contributed by atoms with E-state index in [1.807, 2.05) is 38.4 Å². The van der Waals surface area contributed by atoms with Crippen LogP contribution in [0.25, 0.3) is 0 Å². The number of pyridine rings is 1. The Labute approximate surface area is 112 Å². The summed E-state index contributed by atoms with van der Waals surface area (Å²) in [4.78, 5) is 16.2. The minimum atomic E-state index is -0.201. The molecule has 0 radical (unpaired) electrons. The lowest BCUT2D eigenvalue weighted by Crippen LogP contribution is -2.14. The van der Waals surface area contributed by atoms with E-state index in [0.717, 1.165) is 17.1 Å². The Balaban J connectivity index is 2.18. The quantitative estimate of drug-likeness (QED) is 0.920. The normalized spacial score (nSPS) is 10.8. The summed E-state index contributed by atoms with van der Waals surface area (Å²) in [6.45, 7) is 7.90. The molecule has 19 heavy (non-hydrogen) atoms. The van der Waals surface area contributed by atoms with E-state index < -0.39 is 0 Å². The van der Waals surface area contributed by atoms with Crippen LogP contribution in [0.4, 0.5) is 5.69 Å². The number of anilines is 1. The molecule has 0 unspecified atom stereocenters. The molecule has 0 atom stereocenters. The Morgan fingerprint density at radius 2 is 2.05 bits per heavy atom. The monoisotopic (exact) mass is 258 g/mol. The van der Waals surface area contributed by atoms with Crippen molar-refractivity contribution in [3.63, 3.8) is 0 Å². The first-order valence-electron chi connectivity index (χ1n) is 6.27. The molecule has 0 aromatic carbocycles. The first kappa shape index (κ1) is 13.3. The molecule has 2 aromatic heterocycles. The van der Waals surface area contributed by atoms with Gasteiger partial charge >= 0.3 is 0 Å². The van der Waals surface area contributed by atoms with E-state index in [4.69, 9.17) is 0 Å². The molecule has 2 rings (SSSR count). The van der Waals surface area contributed by atoms with Gasteiger partial charge in [-0.3, -0.25) is 14.5 Å². The van der Waals surface area contributed by atoms with Crippen LogP contribution in [0, 0.1) is 13.8 Å². The molecule has 5 heteroatoms. The van der Waals surface area contributed by atoms with Crippen molar-refractivity contribution in [1.29, 1.82) is 0 Å². The average molecular weight is 258 g/mol. The average Bonchev–Trinajstić information content (AvgIpc) is 2.71. The standard InChI is InChI=1S/C14H18N4O/c1-9(2)18-11(4)8-13(17-18)14(19)16-12-5-6-15-10(3)7-12/h5-9H,1-4H3,(H,15,16,19). The molecule has 0 spiro atoms. The largest absolute Gasteiger partial charge is 0.320 e. The minimum Gasteiger partial charge on any atom is -0.320 e. The van der Waals surface area contributed by atoms with Crippen LogP contribution in [0.2, 0.25) is 0 Å². The van der Waals surface area contributed by atoms with Gasteiger partial charge in [-0.1, -0.05) is 0 Å². The number of nitrogens with zero attached hydrogens (tertiary/aromatic N) is 3. The van der Waals surface area contributed by atoms with Crippen molar-refractivity contribution in [1.82, 2.24) is 14.8 Å². The van der Waals surface area contributed by atoms with Crippen LogP contribution in [-0.4, -0.2) is 20.7 Å². The molecule has 0 aliphatic rings. The summed E-state index contributed by atoms with van der Waals surface area (Å²) in [5.74, 6) is -0.201. The number of amides is 1. The lowest BCUT2D eigenvalue weighted by Gasteiger charge is -2.07. The lowest BCUT2D eigenvalue weighted by molar-refractivity contribution is 0.102. The SMILES string of the molecule is Cc1cc(NC(=O)c2cc(C)n(C(C)C)n2)ccn1. The number of carbonyl (C=O) groups is 1. The number of carbonyl (C=O) groups excluding carboxylic acids is 1. The molecule has 0 saturated heterocycles. The fourth-order valence-electron chi connectivity index (χ4n) is 1.94. The smallest absolute Gasteiger partial charge is 0.276 e. The maximum atomic E-state index is 12.1. The third-order valence-corrected chi connectivity index (χ3v) is 2.80. The number of nitrogens with one attached hydrogen (secondary N) is 1. The Morgan fingerprint density at radius 3 is 2.63 bits per heavy atom.